The second-order valence-electron chi connectivity index (χ2n) is 3.37. The van der Waals surface area contributed by atoms with E-state index in [0.717, 1.165) is 15.4 Å². The summed E-state index contributed by atoms with van der Waals surface area (Å²) in [5.41, 5.74) is 0. The van der Waals surface area contributed by atoms with E-state index < -0.39 is 0 Å². The molecular formula is C8H14S3. The van der Waals surface area contributed by atoms with Crippen LogP contribution in [-0.4, -0.2) is 15.0 Å². The minimum atomic E-state index is 0.841. The van der Waals surface area contributed by atoms with Gasteiger partial charge in [0.05, 0.1) is 0 Å². The third-order valence-electron chi connectivity index (χ3n) is 1.68. The predicted octanol–water partition coefficient (Wildman–Crippen LogP) is 3.41. The van der Waals surface area contributed by atoms with Crippen LogP contribution in [0.1, 0.15) is 20.3 Å². The standard InChI is InChI=1S/C8H14S3/c1-6(2)3-7-4-10-8(9)11-5-7/h6-7H,3-5H2,1-2H3. The molecule has 1 heterocycles. The Bertz CT molecular complexity index is 132. The molecule has 0 bridgehead atoms. The summed E-state index contributed by atoms with van der Waals surface area (Å²) in [5, 5.41) is 0. The summed E-state index contributed by atoms with van der Waals surface area (Å²) in [6, 6.07) is 0. The van der Waals surface area contributed by atoms with Gasteiger partial charge in [0, 0.05) is 11.5 Å². The number of thiocarbonyl (C=S) groups is 1. The van der Waals surface area contributed by atoms with Gasteiger partial charge < -0.3 is 0 Å². The predicted molar refractivity (Wildman–Crippen MR) is 60.5 cm³/mol. The fraction of sp³-hybridized carbons (Fsp3) is 0.875. The smallest absolute Gasteiger partial charge is 0.104 e. The van der Waals surface area contributed by atoms with Crippen LogP contribution in [-0.2, 0) is 0 Å². The van der Waals surface area contributed by atoms with E-state index in [9.17, 15) is 0 Å². The number of rotatable bonds is 2. The number of thioether (sulfide) groups is 2. The van der Waals surface area contributed by atoms with Crippen LogP contribution in [0.25, 0.3) is 0 Å². The fourth-order valence-corrected chi connectivity index (χ4v) is 3.81. The highest BCUT2D eigenvalue weighted by molar-refractivity contribution is 8.47. The van der Waals surface area contributed by atoms with E-state index in [-0.39, 0.29) is 0 Å². The average Bonchev–Trinajstić information content (AvgIpc) is 1.93. The second kappa shape index (κ2) is 4.73. The first-order valence-electron chi connectivity index (χ1n) is 3.98. The van der Waals surface area contributed by atoms with Gasteiger partial charge in [-0.15, -0.1) is 23.5 Å². The van der Waals surface area contributed by atoms with Gasteiger partial charge in [-0.3, -0.25) is 0 Å². The Balaban J connectivity index is 2.22. The van der Waals surface area contributed by atoms with Gasteiger partial charge in [-0.05, 0) is 18.3 Å². The Morgan fingerprint density at radius 1 is 1.45 bits per heavy atom. The number of hydrogen-bond acceptors (Lipinski definition) is 3. The molecule has 0 atom stereocenters. The summed E-state index contributed by atoms with van der Waals surface area (Å²) in [5.74, 6) is 4.25. The zero-order valence-electron chi connectivity index (χ0n) is 7.00. The molecule has 0 N–H and O–H groups in total. The van der Waals surface area contributed by atoms with Gasteiger partial charge >= 0.3 is 0 Å². The molecule has 0 saturated carbocycles. The molecule has 0 aliphatic carbocycles. The van der Waals surface area contributed by atoms with Crippen molar-refractivity contribution in [3.05, 3.63) is 0 Å². The molecule has 0 unspecified atom stereocenters. The lowest BCUT2D eigenvalue weighted by atomic mass is 10.0. The summed E-state index contributed by atoms with van der Waals surface area (Å²) < 4.78 is 1.14. The molecule has 1 rings (SSSR count). The number of hydrogen-bond donors (Lipinski definition) is 0. The van der Waals surface area contributed by atoms with Crippen molar-refractivity contribution in [3.63, 3.8) is 0 Å². The molecule has 3 heteroatoms. The molecule has 11 heavy (non-hydrogen) atoms. The van der Waals surface area contributed by atoms with Gasteiger partial charge in [0.2, 0.25) is 0 Å². The zero-order chi connectivity index (χ0) is 8.27. The van der Waals surface area contributed by atoms with Crippen LogP contribution >= 0.6 is 35.7 Å². The summed E-state index contributed by atoms with van der Waals surface area (Å²) >= 11 is 8.82. The lowest BCUT2D eigenvalue weighted by molar-refractivity contribution is 0.480. The van der Waals surface area contributed by atoms with Gasteiger partial charge in [0.1, 0.15) is 3.53 Å². The highest BCUT2D eigenvalue weighted by atomic mass is 32.2. The van der Waals surface area contributed by atoms with Crippen molar-refractivity contribution in [1.82, 2.24) is 0 Å². The van der Waals surface area contributed by atoms with E-state index >= 15 is 0 Å². The van der Waals surface area contributed by atoms with Crippen LogP contribution in [0.2, 0.25) is 0 Å². The minimum absolute atomic E-state index is 0.841. The van der Waals surface area contributed by atoms with Gasteiger partial charge in [0.15, 0.2) is 0 Å². The molecular weight excluding hydrogens is 192 g/mol. The topological polar surface area (TPSA) is 0 Å². The molecule has 0 radical (unpaired) electrons. The van der Waals surface area contributed by atoms with Gasteiger partial charge in [-0.1, -0.05) is 26.1 Å². The van der Waals surface area contributed by atoms with Crippen molar-refractivity contribution >= 4 is 39.3 Å². The van der Waals surface area contributed by atoms with Crippen LogP contribution in [0.4, 0.5) is 0 Å². The van der Waals surface area contributed by atoms with E-state index in [2.05, 4.69) is 13.8 Å². The molecule has 0 amide bonds. The molecule has 0 aromatic rings. The molecule has 1 saturated heterocycles. The summed E-state index contributed by atoms with van der Waals surface area (Å²) in [7, 11) is 0. The Hall–Kier alpha value is 0.790. The van der Waals surface area contributed by atoms with E-state index in [1.54, 1.807) is 0 Å². The van der Waals surface area contributed by atoms with Crippen LogP contribution in [0, 0.1) is 11.8 Å². The third-order valence-corrected chi connectivity index (χ3v) is 4.84. The molecule has 1 fully saturated rings. The van der Waals surface area contributed by atoms with Crippen molar-refractivity contribution in [1.29, 1.82) is 0 Å². The normalized spacial score (nSPS) is 21.2. The van der Waals surface area contributed by atoms with Gasteiger partial charge in [-0.2, -0.15) is 0 Å². The Kier molecular flexibility index (Phi) is 4.24. The lowest BCUT2D eigenvalue weighted by Gasteiger charge is -2.22. The summed E-state index contributed by atoms with van der Waals surface area (Å²) in [4.78, 5) is 0. The molecule has 64 valence electrons. The van der Waals surface area contributed by atoms with Gasteiger partial charge in [-0.25, -0.2) is 0 Å². The second-order valence-corrected chi connectivity index (χ2v) is 6.61. The SMILES string of the molecule is CC(C)CC1CSC(=S)SC1. The molecule has 0 nitrogen and oxygen atoms in total. The average molecular weight is 206 g/mol. The maximum atomic E-state index is 5.10. The van der Waals surface area contributed by atoms with Crippen LogP contribution in [0.3, 0.4) is 0 Å². The molecule has 0 aromatic carbocycles. The Morgan fingerprint density at radius 2 is 2.00 bits per heavy atom. The van der Waals surface area contributed by atoms with Crippen molar-refractivity contribution in [2.45, 2.75) is 20.3 Å². The quantitative estimate of drug-likeness (QED) is 0.636. The van der Waals surface area contributed by atoms with E-state index in [4.69, 9.17) is 12.2 Å². The van der Waals surface area contributed by atoms with Crippen LogP contribution < -0.4 is 0 Å². The van der Waals surface area contributed by atoms with Crippen LogP contribution in [0.15, 0.2) is 0 Å². The third kappa shape index (κ3) is 3.81. The van der Waals surface area contributed by atoms with E-state index in [1.807, 2.05) is 23.5 Å². The lowest BCUT2D eigenvalue weighted by Crippen LogP contribution is -2.15. The van der Waals surface area contributed by atoms with Gasteiger partial charge in [0.25, 0.3) is 0 Å². The minimum Gasteiger partial charge on any atom is -0.107 e. The van der Waals surface area contributed by atoms with Crippen molar-refractivity contribution < 1.29 is 0 Å². The first-order valence-corrected chi connectivity index (χ1v) is 6.36. The van der Waals surface area contributed by atoms with Crippen molar-refractivity contribution in [3.8, 4) is 0 Å². The Morgan fingerprint density at radius 3 is 2.45 bits per heavy atom. The summed E-state index contributed by atoms with van der Waals surface area (Å²) in [6.07, 6.45) is 1.36. The monoisotopic (exact) mass is 206 g/mol. The zero-order valence-corrected chi connectivity index (χ0v) is 9.45. The van der Waals surface area contributed by atoms with E-state index in [1.165, 1.54) is 17.9 Å². The fourth-order valence-electron chi connectivity index (χ4n) is 1.26. The molecule has 0 aromatic heterocycles. The maximum absolute atomic E-state index is 5.10. The van der Waals surface area contributed by atoms with E-state index in [0.29, 0.717) is 0 Å². The first kappa shape index (κ1) is 9.87. The van der Waals surface area contributed by atoms with Crippen molar-refractivity contribution in [2.75, 3.05) is 11.5 Å². The molecule has 1 aliphatic heterocycles. The highest BCUT2D eigenvalue weighted by Gasteiger charge is 2.18. The van der Waals surface area contributed by atoms with Crippen LogP contribution in [0.5, 0.6) is 0 Å². The van der Waals surface area contributed by atoms with Crippen molar-refractivity contribution in [2.24, 2.45) is 11.8 Å². The maximum Gasteiger partial charge on any atom is 0.104 e. The first-order chi connectivity index (χ1) is 5.18. The summed E-state index contributed by atoms with van der Waals surface area (Å²) in [6.45, 7) is 4.59. The Labute approximate surface area is 82.9 Å². The highest BCUT2D eigenvalue weighted by Crippen LogP contribution is 2.31. The molecule has 0 spiro atoms. The largest absolute Gasteiger partial charge is 0.107 e. The molecule has 1 aliphatic rings.